The summed E-state index contributed by atoms with van der Waals surface area (Å²) in [6.45, 7) is -0.105. The van der Waals surface area contributed by atoms with Crippen molar-refractivity contribution >= 4 is 5.91 Å². The number of para-hydroxylation sites is 2. The number of ether oxygens (including phenoxy) is 1. The number of hydrogen-bond acceptors (Lipinski definition) is 3. The number of rotatable bonds is 5. The molecule has 0 bridgehead atoms. The van der Waals surface area contributed by atoms with Gasteiger partial charge in [-0.3, -0.25) is 4.79 Å². The van der Waals surface area contributed by atoms with Crippen molar-refractivity contribution in [2.45, 2.75) is 24.8 Å². The quantitative estimate of drug-likeness (QED) is 0.892. The largest absolute Gasteiger partial charge is 0.504 e. The highest BCUT2D eigenvalue weighted by molar-refractivity contribution is 5.79. The Kier molecular flexibility index (Phi) is 4.00. The molecule has 0 spiro atoms. The molecule has 4 nitrogen and oxygen atoms in total. The smallest absolute Gasteiger partial charge is 0.258 e. The van der Waals surface area contributed by atoms with Crippen molar-refractivity contribution in [2.24, 2.45) is 0 Å². The van der Waals surface area contributed by atoms with Crippen LogP contribution in [0.25, 0.3) is 0 Å². The first-order chi connectivity index (χ1) is 10.7. The molecule has 3 rings (SSSR count). The molecule has 2 aromatic rings. The molecule has 1 fully saturated rings. The molecule has 0 unspecified atom stereocenters. The Morgan fingerprint density at radius 2 is 1.77 bits per heavy atom. The highest BCUT2D eigenvalue weighted by atomic mass is 16.5. The Morgan fingerprint density at radius 1 is 1.09 bits per heavy atom. The minimum atomic E-state index is -0.263. The summed E-state index contributed by atoms with van der Waals surface area (Å²) in [6, 6.07) is 16.7. The maximum atomic E-state index is 12.2. The van der Waals surface area contributed by atoms with Gasteiger partial charge in [-0.05, 0) is 37.0 Å². The average molecular weight is 297 g/mol. The lowest BCUT2D eigenvalue weighted by Gasteiger charge is -2.43. The number of carbonyl (C=O) groups is 1. The first-order valence-corrected chi connectivity index (χ1v) is 7.47. The second-order valence-electron chi connectivity index (χ2n) is 5.61. The summed E-state index contributed by atoms with van der Waals surface area (Å²) in [4.78, 5) is 12.2. The van der Waals surface area contributed by atoms with E-state index < -0.39 is 0 Å². The molecule has 0 aliphatic heterocycles. The van der Waals surface area contributed by atoms with Gasteiger partial charge in [0, 0.05) is 0 Å². The lowest BCUT2D eigenvalue weighted by Crippen LogP contribution is -2.52. The van der Waals surface area contributed by atoms with E-state index in [0.29, 0.717) is 5.75 Å². The number of benzene rings is 2. The zero-order valence-corrected chi connectivity index (χ0v) is 12.3. The summed E-state index contributed by atoms with van der Waals surface area (Å²) in [6.07, 6.45) is 2.99. The van der Waals surface area contributed by atoms with E-state index in [1.807, 2.05) is 30.3 Å². The van der Waals surface area contributed by atoms with Crippen LogP contribution in [0, 0.1) is 0 Å². The molecule has 0 heterocycles. The summed E-state index contributed by atoms with van der Waals surface area (Å²) in [5.41, 5.74) is 0.873. The van der Waals surface area contributed by atoms with Gasteiger partial charge in [0.15, 0.2) is 18.1 Å². The fourth-order valence-electron chi connectivity index (χ4n) is 2.80. The minimum Gasteiger partial charge on any atom is -0.504 e. The number of hydrogen-bond donors (Lipinski definition) is 2. The summed E-state index contributed by atoms with van der Waals surface area (Å²) < 4.78 is 5.39. The lowest BCUT2D eigenvalue weighted by molar-refractivity contribution is -0.126. The maximum absolute atomic E-state index is 12.2. The van der Waals surface area contributed by atoms with Crippen LogP contribution in [0.5, 0.6) is 11.5 Å². The summed E-state index contributed by atoms with van der Waals surface area (Å²) in [7, 11) is 0. The van der Waals surface area contributed by atoms with E-state index in [0.717, 1.165) is 24.8 Å². The third-order valence-electron chi connectivity index (χ3n) is 4.14. The molecule has 1 aliphatic rings. The number of nitrogens with one attached hydrogen (secondary N) is 1. The molecular formula is C18H19NO3. The second-order valence-corrected chi connectivity index (χ2v) is 5.61. The van der Waals surface area contributed by atoms with Crippen LogP contribution >= 0.6 is 0 Å². The molecule has 2 aromatic carbocycles. The van der Waals surface area contributed by atoms with Crippen LogP contribution in [0.4, 0.5) is 0 Å². The van der Waals surface area contributed by atoms with Gasteiger partial charge in [0.1, 0.15) is 0 Å². The first-order valence-electron chi connectivity index (χ1n) is 7.47. The number of amides is 1. The molecule has 4 heteroatoms. The topological polar surface area (TPSA) is 58.6 Å². The van der Waals surface area contributed by atoms with Gasteiger partial charge in [-0.25, -0.2) is 0 Å². The molecular weight excluding hydrogens is 278 g/mol. The van der Waals surface area contributed by atoms with E-state index in [-0.39, 0.29) is 23.8 Å². The first kappa shape index (κ1) is 14.4. The molecule has 0 radical (unpaired) electrons. The van der Waals surface area contributed by atoms with Crippen molar-refractivity contribution in [1.29, 1.82) is 0 Å². The summed E-state index contributed by atoms with van der Waals surface area (Å²) >= 11 is 0. The van der Waals surface area contributed by atoms with Crippen LogP contribution in [-0.4, -0.2) is 17.6 Å². The molecule has 22 heavy (non-hydrogen) atoms. The third kappa shape index (κ3) is 2.91. The Bertz CT molecular complexity index is 650. The van der Waals surface area contributed by atoms with Gasteiger partial charge in [0.25, 0.3) is 5.91 Å². The van der Waals surface area contributed by atoms with Crippen LogP contribution in [-0.2, 0) is 10.3 Å². The normalized spacial score (nSPS) is 15.6. The van der Waals surface area contributed by atoms with Gasteiger partial charge < -0.3 is 15.2 Å². The van der Waals surface area contributed by atoms with Crippen LogP contribution < -0.4 is 10.1 Å². The molecule has 114 valence electrons. The molecule has 0 saturated heterocycles. The van der Waals surface area contributed by atoms with Gasteiger partial charge in [-0.15, -0.1) is 0 Å². The van der Waals surface area contributed by atoms with Crippen molar-refractivity contribution in [1.82, 2.24) is 5.32 Å². The fraction of sp³-hybridized carbons (Fsp3) is 0.278. The highest BCUT2D eigenvalue weighted by Gasteiger charge is 2.39. The summed E-state index contributed by atoms with van der Waals surface area (Å²) in [5, 5.41) is 12.7. The molecule has 0 atom stereocenters. The lowest BCUT2D eigenvalue weighted by atomic mass is 9.72. The Hall–Kier alpha value is -2.49. The van der Waals surface area contributed by atoms with E-state index >= 15 is 0 Å². The fourth-order valence-corrected chi connectivity index (χ4v) is 2.80. The Morgan fingerprint density at radius 3 is 2.41 bits per heavy atom. The Labute approximate surface area is 129 Å². The second kappa shape index (κ2) is 6.10. The number of phenolic OH excluding ortho intramolecular Hbond substituents is 1. The SMILES string of the molecule is O=C(COc1ccccc1O)NC1(c2ccccc2)CCC1. The van der Waals surface area contributed by atoms with Crippen LogP contribution in [0.2, 0.25) is 0 Å². The Balaban J connectivity index is 1.63. The highest BCUT2D eigenvalue weighted by Crippen LogP contribution is 2.41. The zero-order valence-electron chi connectivity index (χ0n) is 12.3. The van der Waals surface area contributed by atoms with Gasteiger partial charge in [0.2, 0.25) is 0 Å². The van der Waals surface area contributed by atoms with E-state index in [1.165, 1.54) is 6.07 Å². The standard InChI is InChI=1S/C18H19NO3/c20-15-9-4-5-10-16(15)22-13-17(21)19-18(11-6-12-18)14-7-2-1-3-8-14/h1-5,7-10,20H,6,11-13H2,(H,19,21). The van der Waals surface area contributed by atoms with Crippen molar-refractivity contribution in [3.05, 3.63) is 60.2 Å². The zero-order chi connectivity index (χ0) is 15.4. The minimum absolute atomic E-state index is 0.0386. The third-order valence-corrected chi connectivity index (χ3v) is 4.14. The van der Waals surface area contributed by atoms with Crippen molar-refractivity contribution in [2.75, 3.05) is 6.61 Å². The van der Waals surface area contributed by atoms with E-state index in [4.69, 9.17) is 4.74 Å². The molecule has 1 aliphatic carbocycles. The maximum Gasteiger partial charge on any atom is 0.258 e. The average Bonchev–Trinajstić information content (AvgIpc) is 2.51. The molecule has 2 N–H and O–H groups in total. The van der Waals surface area contributed by atoms with Crippen molar-refractivity contribution < 1.29 is 14.6 Å². The van der Waals surface area contributed by atoms with Crippen molar-refractivity contribution in [3.63, 3.8) is 0 Å². The van der Waals surface area contributed by atoms with E-state index in [1.54, 1.807) is 18.2 Å². The molecule has 0 aromatic heterocycles. The number of phenols is 1. The van der Waals surface area contributed by atoms with Crippen LogP contribution in [0.3, 0.4) is 0 Å². The number of aromatic hydroxyl groups is 1. The van der Waals surface area contributed by atoms with Gasteiger partial charge >= 0.3 is 0 Å². The van der Waals surface area contributed by atoms with Gasteiger partial charge in [-0.2, -0.15) is 0 Å². The van der Waals surface area contributed by atoms with E-state index in [9.17, 15) is 9.90 Å². The van der Waals surface area contributed by atoms with Gasteiger partial charge in [0.05, 0.1) is 5.54 Å². The van der Waals surface area contributed by atoms with Crippen molar-refractivity contribution in [3.8, 4) is 11.5 Å². The molecule has 1 saturated carbocycles. The van der Waals surface area contributed by atoms with Crippen LogP contribution in [0.15, 0.2) is 54.6 Å². The predicted octanol–water partition coefficient (Wildman–Crippen LogP) is 2.97. The monoisotopic (exact) mass is 297 g/mol. The number of carbonyl (C=O) groups excluding carboxylic acids is 1. The predicted molar refractivity (Wildman–Crippen MR) is 83.7 cm³/mol. The van der Waals surface area contributed by atoms with Gasteiger partial charge in [-0.1, -0.05) is 42.5 Å². The van der Waals surface area contributed by atoms with Crippen LogP contribution in [0.1, 0.15) is 24.8 Å². The molecule has 1 amide bonds. The van der Waals surface area contributed by atoms with E-state index in [2.05, 4.69) is 5.32 Å². The summed E-state index contributed by atoms with van der Waals surface area (Å²) in [5.74, 6) is 0.184.